The highest BCUT2D eigenvalue weighted by Gasteiger charge is 2.34. The summed E-state index contributed by atoms with van der Waals surface area (Å²) in [6.45, 7) is 5.69. The van der Waals surface area contributed by atoms with Crippen molar-refractivity contribution in [1.82, 2.24) is 14.9 Å². The zero-order valence-electron chi connectivity index (χ0n) is 17.9. The zero-order chi connectivity index (χ0) is 21.3. The molecule has 3 heterocycles. The molecule has 1 aromatic heterocycles. The number of nitrogens with zero attached hydrogens (tertiary/aromatic N) is 4. The van der Waals surface area contributed by atoms with Crippen LogP contribution in [0.2, 0.25) is 0 Å². The molecule has 1 atom stereocenters. The molecule has 1 saturated heterocycles. The van der Waals surface area contributed by atoms with Crippen molar-refractivity contribution in [2.24, 2.45) is 0 Å². The summed E-state index contributed by atoms with van der Waals surface area (Å²) in [5, 5.41) is 0. The number of likely N-dealkylation sites (tertiary alicyclic amines) is 1. The largest absolute Gasteiger partial charge is 0.496 e. The highest BCUT2D eigenvalue weighted by atomic mass is 16.5. The smallest absolute Gasteiger partial charge is 0.233 e. The molecule has 7 heteroatoms. The monoisotopic (exact) mass is 408 g/mol. The lowest BCUT2D eigenvalue weighted by Crippen LogP contribution is -2.39. The van der Waals surface area contributed by atoms with Crippen LogP contribution in [0.1, 0.15) is 54.7 Å². The third-order valence-corrected chi connectivity index (χ3v) is 6.06. The average Bonchev–Trinajstić information content (AvgIpc) is 3.09. The Morgan fingerprint density at radius 3 is 2.83 bits per heavy atom. The molecule has 30 heavy (non-hydrogen) atoms. The maximum absolute atomic E-state index is 12.8. The van der Waals surface area contributed by atoms with Gasteiger partial charge in [-0.05, 0) is 25.8 Å². The van der Waals surface area contributed by atoms with Crippen molar-refractivity contribution in [3.63, 3.8) is 0 Å². The van der Waals surface area contributed by atoms with E-state index in [0.29, 0.717) is 31.7 Å². The molecule has 1 unspecified atom stereocenters. The summed E-state index contributed by atoms with van der Waals surface area (Å²) in [6.07, 6.45) is 2.73. The van der Waals surface area contributed by atoms with Crippen molar-refractivity contribution in [3.8, 4) is 5.75 Å². The summed E-state index contributed by atoms with van der Waals surface area (Å²) < 4.78 is 5.46. The number of hydrogen-bond donors (Lipinski definition) is 0. The van der Waals surface area contributed by atoms with E-state index in [-0.39, 0.29) is 17.7 Å². The lowest BCUT2D eigenvalue weighted by molar-refractivity contribution is -0.132. The second-order valence-electron chi connectivity index (χ2n) is 7.97. The van der Waals surface area contributed by atoms with Gasteiger partial charge in [-0.3, -0.25) is 14.5 Å². The van der Waals surface area contributed by atoms with E-state index in [4.69, 9.17) is 14.7 Å². The van der Waals surface area contributed by atoms with Gasteiger partial charge in [-0.1, -0.05) is 25.1 Å². The molecule has 1 fully saturated rings. The number of aromatic nitrogens is 2. The van der Waals surface area contributed by atoms with Crippen molar-refractivity contribution >= 4 is 17.6 Å². The van der Waals surface area contributed by atoms with Crippen LogP contribution in [0.15, 0.2) is 24.3 Å². The zero-order valence-corrected chi connectivity index (χ0v) is 17.9. The summed E-state index contributed by atoms with van der Waals surface area (Å²) in [5.74, 6) is 2.49. The van der Waals surface area contributed by atoms with Gasteiger partial charge in [-0.15, -0.1) is 0 Å². The Morgan fingerprint density at radius 1 is 1.27 bits per heavy atom. The highest BCUT2D eigenvalue weighted by Crippen LogP contribution is 2.34. The Morgan fingerprint density at radius 2 is 2.07 bits per heavy atom. The summed E-state index contributed by atoms with van der Waals surface area (Å²) in [6, 6.07) is 7.72. The number of para-hydroxylation sites is 1. The molecule has 2 aliphatic rings. The number of methoxy groups -OCH3 is 1. The molecule has 0 bridgehead atoms. The van der Waals surface area contributed by atoms with Crippen LogP contribution in [-0.2, 0) is 22.6 Å². The first-order chi connectivity index (χ1) is 14.5. The first kappa shape index (κ1) is 20.3. The van der Waals surface area contributed by atoms with Crippen LogP contribution in [0.5, 0.6) is 5.75 Å². The number of aryl methyl sites for hydroxylation is 1. The molecular formula is C23H28N4O3. The molecule has 4 rings (SSSR count). The van der Waals surface area contributed by atoms with E-state index >= 15 is 0 Å². The Kier molecular flexibility index (Phi) is 5.70. The number of rotatable bonds is 5. The third kappa shape index (κ3) is 3.76. The number of amides is 2. The molecule has 0 aliphatic carbocycles. The summed E-state index contributed by atoms with van der Waals surface area (Å²) in [7, 11) is 1.63. The average molecular weight is 409 g/mol. The van der Waals surface area contributed by atoms with Gasteiger partial charge in [-0.25, -0.2) is 9.97 Å². The molecule has 2 amide bonds. The van der Waals surface area contributed by atoms with E-state index in [1.165, 1.54) is 0 Å². The van der Waals surface area contributed by atoms with Crippen LogP contribution >= 0.6 is 0 Å². The Balaban J connectivity index is 1.64. The standard InChI is InChI=1S/C23H28N4O3/c1-4-20(28)26-11-7-9-17(13-26)22-24-15(2)18-12-21(29)27(23(18)25-22)14-16-8-5-6-10-19(16)30-3/h5-6,8,10,17H,4,7,9,11-14H2,1-3H3. The van der Waals surface area contributed by atoms with Gasteiger partial charge in [0.05, 0.1) is 20.1 Å². The van der Waals surface area contributed by atoms with Crippen molar-refractivity contribution in [1.29, 1.82) is 0 Å². The fraction of sp³-hybridized carbons (Fsp3) is 0.478. The molecule has 7 nitrogen and oxygen atoms in total. The van der Waals surface area contributed by atoms with E-state index in [1.807, 2.05) is 43.0 Å². The number of piperidine rings is 1. The van der Waals surface area contributed by atoms with E-state index in [1.54, 1.807) is 12.0 Å². The van der Waals surface area contributed by atoms with Crippen molar-refractivity contribution in [2.75, 3.05) is 25.1 Å². The van der Waals surface area contributed by atoms with E-state index in [0.717, 1.165) is 47.8 Å². The summed E-state index contributed by atoms with van der Waals surface area (Å²) in [5.41, 5.74) is 2.69. The number of ether oxygens (including phenoxy) is 1. The van der Waals surface area contributed by atoms with Gasteiger partial charge in [0.25, 0.3) is 0 Å². The van der Waals surface area contributed by atoms with Crippen molar-refractivity contribution < 1.29 is 14.3 Å². The third-order valence-electron chi connectivity index (χ3n) is 6.06. The van der Waals surface area contributed by atoms with Gasteiger partial charge in [-0.2, -0.15) is 0 Å². The predicted octanol–water partition coefficient (Wildman–Crippen LogP) is 3.00. The van der Waals surface area contributed by atoms with Crippen LogP contribution in [-0.4, -0.2) is 46.9 Å². The first-order valence-corrected chi connectivity index (χ1v) is 10.6. The maximum Gasteiger partial charge on any atom is 0.233 e. The number of carbonyl (C=O) groups is 2. The molecule has 2 aliphatic heterocycles. The molecule has 2 aromatic rings. The molecule has 0 spiro atoms. The number of fused-ring (bicyclic) bond motifs is 1. The van der Waals surface area contributed by atoms with Gasteiger partial charge in [0.15, 0.2) is 0 Å². The minimum absolute atomic E-state index is 0.0249. The number of benzene rings is 1. The second kappa shape index (κ2) is 8.42. The second-order valence-corrected chi connectivity index (χ2v) is 7.97. The van der Waals surface area contributed by atoms with E-state index < -0.39 is 0 Å². The lowest BCUT2D eigenvalue weighted by atomic mass is 9.96. The predicted molar refractivity (Wildman–Crippen MR) is 114 cm³/mol. The minimum atomic E-state index is 0.0249. The quantitative estimate of drug-likeness (QED) is 0.760. The fourth-order valence-corrected chi connectivity index (χ4v) is 4.38. The van der Waals surface area contributed by atoms with Gasteiger partial charge < -0.3 is 9.64 Å². The Hall–Kier alpha value is -2.96. The van der Waals surface area contributed by atoms with Gasteiger partial charge in [0.1, 0.15) is 17.4 Å². The minimum Gasteiger partial charge on any atom is -0.496 e. The lowest BCUT2D eigenvalue weighted by Gasteiger charge is -2.32. The topological polar surface area (TPSA) is 75.6 Å². The van der Waals surface area contributed by atoms with Crippen LogP contribution in [0, 0.1) is 6.92 Å². The SMILES string of the molecule is CCC(=O)N1CCCC(c2nc(C)c3c(n2)N(Cc2ccccc2OC)C(=O)C3)C1. The fourth-order valence-electron chi connectivity index (χ4n) is 4.38. The van der Waals surface area contributed by atoms with Crippen LogP contribution in [0.4, 0.5) is 5.82 Å². The Labute approximate surface area is 177 Å². The molecule has 0 saturated carbocycles. The van der Waals surface area contributed by atoms with Crippen molar-refractivity contribution in [2.45, 2.75) is 52.0 Å². The highest BCUT2D eigenvalue weighted by molar-refractivity contribution is 6.00. The van der Waals surface area contributed by atoms with Crippen LogP contribution < -0.4 is 9.64 Å². The van der Waals surface area contributed by atoms with Gasteiger partial charge in [0, 0.05) is 42.2 Å². The number of carbonyl (C=O) groups excluding carboxylic acids is 2. The number of anilines is 1. The summed E-state index contributed by atoms with van der Waals surface area (Å²) >= 11 is 0. The molecule has 0 radical (unpaired) electrons. The van der Waals surface area contributed by atoms with Gasteiger partial charge >= 0.3 is 0 Å². The van der Waals surface area contributed by atoms with Crippen molar-refractivity contribution in [3.05, 3.63) is 46.9 Å². The number of hydrogen-bond acceptors (Lipinski definition) is 5. The maximum atomic E-state index is 12.8. The normalized spacial score (nSPS) is 18.5. The van der Waals surface area contributed by atoms with Crippen LogP contribution in [0.3, 0.4) is 0 Å². The molecule has 158 valence electrons. The van der Waals surface area contributed by atoms with Gasteiger partial charge in [0.2, 0.25) is 11.8 Å². The molecular weight excluding hydrogens is 380 g/mol. The molecule has 1 aromatic carbocycles. The first-order valence-electron chi connectivity index (χ1n) is 10.6. The summed E-state index contributed by atoms with van der Waals surface area (Å²) in [4.78, 5) is 38.3. The molecule has 0 N–H and O–H groups in total. The van der Waals surface area contributed by atoms with Crippen LogP contribution in [0.25, 0.3) is 0 Å². The van der Waals surface area contributed by atoms with E-state index in [9.17, 15) is 9.59 Å². The Bertz CT molecular complexity index is 975. The van der Waals surface area contributed by atoms with E-state index in [2.05, 4.69) is 0 Å².